The standard InChI is InChI=1S/C8H16O2.C4H6O2.Pb.2H/c1-3-5-6-7(4-2)8(9)10;1-3(2)4(5)6;;;/h7H,3-6H2,1-2H3,(H,9,10);1H2,2H3,(H,5,6);;;. The average Bonchev–Trinajstić information content (AvgIpc) is 2.19. The second-order valence-electron chi connectivity index (χ2n) is 3.67. The Hall–Kier alpha value is -0.398. The first-order chi connectivity index (χ1) is 7.36. The number of carbonyl (C=O) groups is 2. The number of carboxylic acids is 2. The number of unbranched alkanes of at least 4 members (excludes halogenated alkanes) is 1. The average molecular weight is 440 g/mol. The Kier molecular flexibility index (Phi) is 17.6. The van der Waals surface area contributed by atoms with Gasteiger partial charge in [-0.05, 0) is 19.8 Å². The number of aliphatic carboxylic acids is 2. The molecular formula is C12H24O4Pb. The molecule has 2 radical (unpaired) electrons. The normalized spacial score (nSPS) is 10.3. The third kappa shape index (κ3) is 15.6. The fourth-order valence-electron chi connectivity index (χ4n) is 0.953. The van der Waals surface area contributed by atoms with Crippen molar-refractivity contribution in [2.24, 2.45) is 5.92 Å². The number of rotatable bonds is 6. The van der Waals surface area contributed by atoms with Gasteiger partial charge in [-0.25, -0.2) is 4.79 Å². The van der Waals surface area contributed by atoms with Gasteiger partial charge in [0.05, 0.1) is 5.92 Å². The zero-order chi connectivity index (χ0) is 13.1. The summed E-state index contributed by atoms with van der Waals surface area (Å²) >= 11 is 0. The van der Waals surface area contributed by atoms with E-state index < -0.39 is 11.9 Å². The van der Waals surface area contributed by atoms with Crippen molar-refractivity contribution in [2.45, 2.75) is 46.5 Å². The first-order valence-electron chi connectivity index (χ1n) is 5.48. The molecule has 5 heteroatoms. The summed E-state index contributed by atoms with van der Waals surface area (Å²) in [6, 6.07) is 0. The van der Waals surface area contributed by atoms with Crippen LogP contribution in [-0.4, -0.2) is 49.5 Å². The molecule has 0 bridgehead atoms. The molecule has 0 spiro atoms. The molecule has 0 aliphatic carbocycles. The first-order valence-corrected chi connectivity index (χ1v) is 5.48. The summed E-state index contributed by atoms with van der Waals surface area (Å²) in [6.07, 6.45) is 3.71. The Labute approximate surface area is 123 Å². The molecule has 0 saturated carbocycles. The van der Waals surface area contributed by atoms with Gasteiger partial charge < -0.3 is 10.2 Å². The van der Waals surface area contributed by atoms with E-state index in [1.165, 1.54) is 6.92 Å². The van der Waals surface area contributed by atoms with E-state index in [1.807, 2.05) is 6.92 Å². The van der Waals surface area contributed by atoms with Crippen LogP contribution < -0.4 is 0 Å². The predicted molar refractivity (Wildman–Crippen MR) is 71.9 cm³/mol. The van der Waals surface area contributed by atoms with Crippen LogP contribution in [0, 0.1) is 5.92 Å². The Morgan fingerprint density at radius 1 is 1.24 bits per heavy atom. The van der Waals surface area contributed by atoms with Gasteiger partial charge in [0.1, 0.15) is 0 Å². The molecule has 0 fully saturated rings. The van der Waals surface area contributed by atoms with Crippen molar-refractivity contribution in [1.82, 2.24) is 0 Å². The SMILES string of the molecule is C=C(C)C(=O)O.CCCCC(CC)C(=O)O.[PbH2]. The van der Waals surface area contributed by atoms with Crippen LogP contribution in [0.2, 0.25) is 0 Å². The molecule has 17 heavy (non-hydrogen) atoms. The van der Waals surface area contributed by atoms with Gasteiger partial charge in [-0.1, -0.05) is 33.3 Å². The molecular weight excluding hydrogens is 415 g/mol. The topological polar surface area (TPSA) is 74.6 Å². The van der Waals surface area contributed by atoms with Crippen molar-refractivity contribution < 1.29 is 19.8 Å². The van der Waals surface area contributed by atoms with E-state index in [2.05, 4.69) is 13.5 Å². The molecule has 0 aliphatic rings. The summed E-state index contributed by atoms with van der Waals surface area (Å²) in [6.45, 7) is 8.60. The Bertz CT molecular complexity index is 227. The molecule has 0 aromatic carbocycles. The van der Waals surface area contributed by atoms with E-state index in [0.717, 1.165) is 25.7 Å². The van der Waals surface area contributed by atoms with Crippen molar-refractivity contribution in [3.05, 3.63) is 12.2 Å². The summed E-state index contributed by atoms with van der Waals surface area (Å²) in [4.78, 5) is 20.0. The monoisotopic (exact) mass is 440 g/mol. The second-order valence-corrected chi connectivity index (χ2v) is 3.67. The Morgan fingerprint density at radius 2 is 1.65 bits per heavy atom. The molecule has 0 saturated heterocycles. The Morgan fingerprint density at radius 3 is 1.82 bits per heavy atom. The van der Waals surface area contributed by atoms with Crippen LogP contribution in [0.1, 0.15) is 46.5 Å². The minimum absolute atomic E-state index is 0. The van der Waals surface area contributed by atoms with Gasteiger partial charge in [0.15, 0.2) is 0 Å². The number of hydrogen-bond donors (Lipinski definition) is 2. The summed E-state index contributed by atoms with van der Waals surface area (Å²) in [5.41, 5.74) is 0.176. The number of carboxylic acid groups (broad SMARTS) is 2. The quantitative estimate of drug-likeness (QED) is 0.491. The van der Waals surface area contributed by atoms with E-state index in [1.54, 1.807) is 0 Å². The fraction of sp³-hybridized carbons (Fsp3) is 0.667. The van der Waals surface area contributed by atoms with Gasteiger partial charge in [-0.2, -0.15) is 0 Å². The molecule has 0 amide bonds. The number of hydrogen-bond acceptors (Lipinski definition) is 2. The van der Waals surface area contributed by atoms with Crippen LogP contribution in [0.5, 0.6) is 0 Å². The fourth-order valence-corrected chi connectivity index (χ4v) is 0.953. The van der Waals surface area contributed by atoms with Gasteiger partial charge in [0.2, 0.25) is 0 Å². The molecule has 4 nitrogen and oxygen atoms in total. The van der Waals surface area contributed by atoms with E-state index in [4.69, 9.17) is 10.2 Å². The van der Waals surface area contributed by atoms with Crippen molar-refractivity contribution in [3.8, 4) is 0 Å². The van der Waals surface area contributed by atoms with Crippen molar-refractivity contribution in [2.75, 3.05) is 0 Å². The molecule has 0 aromatic heterocycles. The maximum absolute atomic E-state index is 10.4. The van der Waals surface area contributed by atoms with Gasteiger partial charge in [-0.15, -0.1) is 0 Å². The van der Waals surface area contributed by atoms with Gasteiger partial charge in [0.25, 0.3) is 0 Å². The van der Waals surface area contributed by atoms with Crippen LogP contribution in [0.4, 0.5) is 0 Å². The first kappa shape index (κ1) is 21.8. The zero-order valence-corrected chi connectivity index (χ0v) is 16.5. The van der Waals surface area contributed by atoms with Crippen LogP contribution in [0.15, 0.2) is 12.2 Å². The van der Waals surface area contributed by atoms with Gasteiger partial charge >= 0.3 is 39.2 Å². The van der Waals surface area contributed by atoms with Gasteiger partial charge in [0, 0.05) is 5.57 Å². The molecule has 100 valence electrons. The predicted octanol–water partition coefficient (Wildman–Crippen LogP) is 2.02. The minimum atomic E-state index is -0.935. The summed E-state index contributed by atoms with van der Waals surface area (Å²) < 4.78 is 0. The molecule has 2 N–H and O–H groups in total. The molecule has 0 aliphatic heterocycles. The van der Waals surface area contributed by atoms with Crippen LogP contribution in [0.25, 0.3) is 0 Å². The summed E-state index contributed by atoms with van der Waals surface area (Å²) in [5, 5.41) is 16.5. The van der Waals surface area contributed by atoms with E-state index in [0.29, 0.717) is 0 Å². The van der Waals surface area contributed by atoms with Crippen LogP contribution >= 0.6 is 0 Å². The maximum atomic E-state index is 10.4. The van der Waals surface area contributed by atoms with Crippen molar-refractivity contribution in [3.63, 3.8) is 0 Å². The van der Waals surface area contributed by atoms with Crippen LogP contribution in [0.3, 0.4) is 0 Å². The summed E-state index contributed by atoms with van der Waals surface area (Å²) in [5.74, 6) is -1.69. The molecule has 1 unspecified atom stereocenters. The molecule has 0 heterocycles. The summed E-state index contributed by atoms with van der Waals surface area (Å²) in [7, 11) is 0. The third-order valence-corrected chi connectivity index (χ3v) is 2.11. The van der Waals surface area contributed by atoms with E-state index in [-0.39, 0.29) is 38.8 Å². The molecule has 1 atom stereocenters. The Balaban J connectivity index is -0.000000244. The van der Waals surface area contributed by atoms with Crippen molar-refractivity contribution >= 4 is 39.2 Å². The third-order valence-electron chi connectivity index (χ3n) is 2.11. The zero-order valence-electron chi connectivity index (χ0n) is 11.0. The van der Waals surface area contributed by atoms with Crippen LogP contribution in [-0.2, 0) is 9.59 Å². The van der Waals surface area contributed by atoms with E-state index >= 15 is 0 Å². The van der Waals surface area contributed by atoms with Gasteiger partial charge in [-0.3, -0.25) is 4.79 Å². The van der Waals surface area contributed by atoms with Crippen molar-refractivity contribution in [1.29, 1.82) is 0 Å². The molecule has 0 aromatic rings. The second kappa shape index (κ2) is 13.7. The molecule has 0 rings (SSSR count). The van der Waals surface area contributed by atoms with E-state index in [9.17, 15) is 9.59 Å².